The van der Waals surface area contributed by atoms with Gasteiger partial charge in [0, 0.05) is 6.07 Å². The summed E-state index contributed by atoms with van der Waals surface area (Å²) in [6.45, 7) is 1.07. The molecule has 0 saturated heterocycles. The molecule has 0 aliphatic rings. The van der Waals surface area contributed by atoms with Crippen molar-refractivity contribution in [2.24, 2.45) is 0 Å². The molecule has 0 aliphatic carbocycles. The molecule has 1 aromatic rings. The van der Waals surface area contributed by atoms with Gasteiger partial charge in [-0.15, -0.1) is 0 Å². The van der Waals surface area contributed by atoms with Crippen molar-refractivity contribution in [2.45, 2.75) is 19.3 Å². The summed E-state index contributed by atoms with van der Waals surface area (Å²) in [5.74, 6) is 1.76. The maximum atomic E-state index is 5.35. The van der Waals surface area contributed by atoms with E-state index in [9.17, 15) is 0 Å². The number of nitrogens with one attached hydrogen (secondary N) is 1. The van der Waals surface area contributed by atoms with Crippen LogP contribution < -0.4 is 14.8 Å². The minimum atomic E-state index is 0.843. The molecule has 0 amide bonds. The third kappa shape index (κ3) is 3.74. The molecule has 1 aromatic carbocycles. The van der Waals surface area contributed by atoms with Gasteiger partial charge in [-0.1, -0.05) is 6.07 Å². The van der Waals surface area contributed by atoms with E-state index in [1.165, 1.54) is 18.4 Å². The SMILES string of the molecule is CNCCCCc1ccc(OC)cc1OC. The molecule has 1 rings (SSSR count). The molecule has 16 heavy (non-hydrogen) atoms. The van der Waals surface area contributed by atoms with Crippen LogP contribution in [0, 0.1) is 0 Å². The Morgan fingerprint density at radius 3 is 2.56 bits per heavy atom. The highest BCUT2D eigenvalue weighted by Gasteiger charge is 2.04. The Morgan fingerprint density at radius 2 is 1.94 bits per heavy atom. The lowest BCUT2D eigenvalue weighted by atomic mass is 10.1. The van der Waals surface area contributed by atoms with Gasteiger partial charge in [0.1, 0.15) is 11.5 Å². The van der Waals surface area contributed by atoms with E-state index in [-0.39, 0.29) is 0 Å². The first kappa shape index (κ1) is 12.8. The van der Waals surface area contributed by atoms with E-state index in [1.807, 2.05) is 19.2 Å². The van der Waals surface area contributed by atoms with E-state index in [2.05, 4.69) is 11.4 Å². The van der Waals surface area contributed by atoms with Gasteiger partial charge < -0.3 is 14.8 Å². The normalized spacial score (nSPS) is 10.2. The van der Waals surface area contributed by atoms with Crippen molar-refractivity contribution in [3.8, 4) is 11.5 Å². The second kappa shape index (κ2) is 7.12. The molecule has 0 fully saturated rings. The lowest BCUT2D eigenvalue weighted by Crippen LogP contribution is -2.07. The van der Waals surface area contributed by atoms with Gasteiger partial charge >= 0.3 is 0 Å². The number of rotatable bonds is 7. The summed E-state index contributed by atoms with van der Waals surface area (Å²) in [5, 5.41) is 3.15. The predicted octanol–water partition coefficient (Wildman–Crippen LogP) is 2.25. The van der Waals surface area contributed by atoms with Crippen molar-refractivity contribution in [1.82, 2.24) is 5.32 Å². The molecule has 0 atom stereocenters. The number of hydrogen-bond donors (Lipinski definition) is 1. The summed E-state index contributed by atoms with van der Waals surface area (Å²) in [5.41, 5.74) is 1.25. The first-order chi connectivity index (χ1) is 7.81. The fourth-order valence-electron chi connectivity index (χ4n) is 1.68. The summed E-state index contributed by atoms with van der Waals surface area (Å²) < 4.78 is 10.5. The third-order valence-electron chi connectivity index (χ3n) is 2.62. The summed E-state index contributed by atoms with van der Waals surface area (Å²) >= 11 is 0. The van der Waals surface area contributed by atoms with E-state index in [1.54, 1.807) is 14.2 Å². The standard InChI is InChI=1S/C13H21NO2/c1-14-9-5-4-6-11-7-8-12(15-2)10-13(11)16-3/h7-8,10,14H,4-6,9H2,1-3H3. The maximum Gasteiger partial charge on any atom is 0.125 e. The molecule has 3 heteroatoms. The van der Waals surface area contributed by atoms with Crippen LogP contribution in [0.25, 0.3) is 0 Å². The molecule has 0 heterocycles. The number of aryl methyl sites for hydroxylation is 1. The van der Waals surface area contributed by atoms with E-state index in [0.29, 0.717) is 0 Å². The maximum absolute atomic E-state index is 5.35. The van der Waals surface area contributed by atoms with Crippen LogP contribution in [-0.4, -0.2) is 27.8 Å². The molecule has 1 N–H and O–H groups in total. The Hall–Kier alpha value is -1.22. The Kier molecular flexibility index (Phi) is 5.72. The van der Waals surface area contributed by atoms with Gasteiger partial charge in [0.05, 0.1) is 14.2 Å². The molecule has 90 valence electrons. The number of hydrogen-bond acceptors (Lipinski definition) is 3. The highest BCUT2D eigenvalue weighted by Crippen LogP contribution is 2.25. The summed E-state index contributed by atoms with van der Waals surface area (Å²) in [6, 6.07) is 6.00. The summed E-state index contributed by atoms with van der Waals surface area (Å²) in [7, 11) is 5.35. The van der Waals surface area contributed by atoms with Crippen LogP contribution in [0.1, 0.15) is 18.4 Å². The van der Waals surface area contributed by atoms with Gasteiger partial charge in [0.2, 0.25) is 0 Å². The second-order valence-corrected chi connectivity index (χ2v) is 3.74. The van der Waals surface area contributed by atoms with Crippen LogP contribution in [0.5, 0.6) is 11.5 Å². The molecule has 0 saturated carbocycles. The lowest BCUT2D eigenvalue weighted by Gasteiger charge is -2.10. The van der Waals surface area contributed by atoms with E-state index < -0.39 is 0 Å². The highest BCUT2D eigenvalue weighted by atomic mass is 16.5. The zero-order chi connectivity index (χ0) is 11.8. The molecular weight excluding hydrogens is 202 g/mol. The van der Waals surface area contributed by atoms with Gasteiger partial charge in [-0.3, -0.25) is 0 Å². The van der Waals surface area contributed by atoms with Crippen molar-refractivity contribution in [3.63, 3.8) is 0 Å². The second-order valence-electron chi connectivity index (χ2n) is 3.74. The van der Waals surface area contributed by atoms with Crippen LogP contribution >= 0.6 is 0 Å². The molecule has 0 spiro atoms. The first-order valence-corrected chi connectivity index (χ1v) is 5.67. The number of ether oxygens (including phenoxy) is 2. The lowest BCUT2D eigenvalue weighted by molar-refractivity contribution is 0.390. The van der Waals surface area contributed by atoms with Crippen molar-refractivity contribution in [3.05, 3.63) is 23.8 Å². The molecule has 0 aromatic heterocycles. The first-order valence-electron chi connectivity index (χ1n) is 5.67. The van der Waals surface area contributed by atoms with Gasteiger partial charge in [-0.2, -0.15) is 0 Å². The number of methoxy groups -OCH3 is 2. The van der Waals surface area contributed by atoms with Crippen molar-refractivity contribution < 1.29 is 9.47 Å². The van der Waals surface area contributed by atoms with Crippen molar-refractivity contribution in [1.29, 1.82) is 0 Å². The fourth-order valence-corrected chi connectivity index (χ4v) is 1.68. The average Bonchev–Trinajstić information content (AvgIpc) is 2.34. The number of unbranched alkanes of at least 4 members (excludes halogenated alkanes) is 1. The quantitative estimate of drug-likeness (QED) is 0.719. The van der Waals surface area contributed by atoms with E-state index >= 15 is 0 Å². The molecular formula is C13H21NO2. The smallest absolute Gasteiger partial charge is 0.125 e. The highest BCUT2D eigenvalue weighted by molar-refractivity contribution is 5.40. The zero-order valence-electron chi connectivity index (χ0n) is 10.4. The van der Waals surface area contributed by atoms with Crippen LogP contribution in [0.3, 0.4) is 0 Å². The van der Waals surface area contributed by atoms with Crippen molar-refractivity contribution >= 4 is 0 Å². The van der Waals surface area contributed by atoms with Gasteiger partial charge in [0.25, 0.3) is 0 Å². The van der Waals surface area contributed by atoms with Crippen LogP contribution in [-0.2, 0) is 6.42 Å². The molecule has 0 radical (unpaired) electrons. The van der Waals surface area contributed by atoms with Crippen LogP contribution in [0.15, 0.2) is 18.2 Å². The minimum Gasteiger partial charge on any atom is -0.497 e. The van der Waals surface area contributed by atoms with Crippen LogP contribution in [0.2, 0.25) is 0 Å². The molecule has 0 unspecified atom stereocenters. The summed E-state index contributed by atoms with van der Waals surface area (Å²) in [6.07, 6.45) is 3.41. The topological polar surface area (TPSA) is 30.5 Å². The number of benzene rings is 1. The average molecular weight is 223 g/mol. The van der Waals surface area contributed by atoms with E-state index in [4.69, 9.17) is 9.47 Å². The van der Waals surface area contributed by atoms with Crippen LogP contribution in [0.4, 0.5) is 0 Å². The molecule has 3 nitrogen and oxygen atoms in total. The van der Waals surface area contributed by atoms with Gasteiger partial charge in [0.15, 0.2) is 0 Å². The van der Waals surface area contributed by atoms with Gasteiger partial charge in [-0.05, 0) is 44.5 Å². The Bertz CT molecular complexity index is 313. The summed E-state index contributed by atoms with van der Waals surface area (Å²) in [4.78, 5) is 0. The largest absolute Gasteiger partial charge is 0.497 e. The fraction of sp³-hybridized carbons (Fsp3) is 0.538. The zero-order valence-corrected chi connectivity index (χ0v) is 10.4. The third-order valence-corrected chi connectivity index (χ3v) is 2.62. The monoisotopic (exact) mass is 223 g/mol. The Morgan fingerprint density at radius 1 is 1.12 bits per heavy atom. The predicted molar refractivity (Wildman–Crippen MR) is 66.4 cm³/mol. The van der Waals surface area contributed by atoms with E-state index in [0.717, 1.165) is 24.5 Å². The molecule has 0 bridgehead atoms. The Balaban J connectivity index is 2.57. The van der Waals surface area contributed by atoms with Crippen molar-refractivity contribution in [2.75, 3.05) is 27.8 Å². The Labute approximate surface area is 97.8 Å². The minimum absolute atomic E-state index is 0.843. The molecule has 0 aliphatic heterocycles. The van der Waals surface area contributed by atoms with Gasteiger partial charge in [-0.25, -0.2) is 0 Å².